The van der Waals surface area contributed by atoms with Gasteiger partial charge in [-0.2, -0.15) is 0 Å². The molecule has 0 N–H and O–H groups in total. The largest absolute Gasteiger partial charge is 0.345 e. The van der Waals surface area contributed by atoms with Gasteiger partial charge in [0.2, 0.25) is 0 Å². The zero-order chi connectivity index (χ0) is 17.8. The van der Waals surface area contributed by atoms with Crippen LogP contribution in [0.4, 0.5) is 0 Å². The predicted octanol–water partition coefficient (Wildman–Crippen LogP) is 4.91. The van der Waals surface area contributed by atoms with Crippen LogP contribution in [0.25, 0.3) is 10.2 Å². The summed E-state index contributed by atoms with van der Waals surface area (Å²) in [5.41, 5.74) is 4.63. The van der Waals surface area contributed by atoms with Crippen LogP contribution in [0.15, 0.2) is 17.4 Å². The Hall–Kier alpha value is -1.66. The molecule has 5 rings (SSSR count). The summed E-state index contributed by atoms with van der Waals surface area (Å²) < 4.78 is 2.34. The molecular formula is C20H21N3OS2. The van der Waals surface area contributed by atoms with Gasteiger partial charge in [0, 0.05) is 33.3 Å². The Balaban J connectivity index is 1.41. The van der Waals surface area contributed by atoms with E-state index < -0.39 is 0 Å². The summed E-state index contributed by atoms with van der Waals surface area (Å²) in [5, 5.41) is 2.17. The topological polar surface area (TPSA) is 47.8 Å². The molecule has 4 nitrogen and oxygen atoms in total. The van der Waals surface area contributed by atoms with Gasteiger partial charge in [-0.15, -0.1) is 11.3 Å². The van der Waals surface area contributed by atoms with Crippen molar-refractivity contribution >= 4 is 39.1 Å². The van der Waals surface area contributed by atoms with Crippen molar-refractivity contribution < 1.29 is 4.79 Å². The van der Waals surface area contributed by atoms with E-state index in [-0.39, 0.29) is 5.78 Å². The number of hydrogen-bond donors (Lipinski definition) is 0. The first-order valence-electron chi connectivity index (χ1n) is 9.23. The lowest BCUT2D eigenvalue weighted by atomic mass is 10.2. The third-order valence-corrected chi connectivity index (χ3v) is 7.69. The number of carbonyl (C=O) groups is 1. The minimum atomic E-state index is 0.202. The van der Waals surface area contributed by atoms with Gasteiger partial charge in [0.1, 0.15) is 16.2 Å². The summed E-state index contributed by atoms with van der Waals surface area (Å²) in [6.45, 7) is 4.19. The van der Waals surface area contributed by atoms with E-state index in [0.29, 0.717) is 11.8 Å². The molecule has 2 aliphatic rings. The monoisotopic (exact) mass is 383 g/mol. The van der Waals surface area contributed by atoms with E-state index in [0.717, 1.165) is 34.0 Å². The van der Waals surface area contributed by atoms with Crippen LogP contribution in [-0.4, -0.2) is 26.1 Å². The number of thioether (sulfide) groups is 1. The number of nitrogens with zero attached hydrogens (tertiary/aromatic N) is 3. The molecular weight excluding hydrogens is 362 g/mol. The molecule has 2 aliphatic carbocycles. The zero-order valence-electron chi connectivity index (χ0n) is 15.0. The highest BCUT2D eigenvalue weighted by atomic mass is 32.2. The molecule has 134 valence electrons. The maximum Gasteiger partial charge on any atom is 0.174 e. The standard InChI is InChI=1S/C20H21N3OS2/c1-11-8-15(12(2)23(11)13-6-7-13)16(24)9-25-19-18-14-4-3-5-17(14)26-20(18)22-10-21-19/h8,10,13H,3-7,9H2,1-2H3. The molecule has 0 radical (unpaired) electrons. The van der Waals surface area contributed by atoms with Gasteiger partial charge in [0.25, 0.3) is 0 Å². The van der Waals surface area contributed by atoms with Gasteiger partial charge in [-0.1, -0.05) is 11.8 Å². The van der Waals surface area contributed by atoms with Crippen LogP contribution in [0.2, 0.25) is 0 Å². The van der Waals surface area contributed by atoms with E-state index in [1.165, 1.54) is 40.8 Å². The minimum absolute atomic E-state index is 0.202. The van der Waals surface area contributed by atoms with Gasteiger partial charge in [-0.25, -0.2) is 9.97 Å². The summed E-state index contributed by atoms with van der Waals surface area (Å²) in [6.07, 6.45) is 7.61. The minimum Gasteiger partial charge on any atom is -0.345 e. The number of aromatic nitrogens is 3. The van der Waals surface area contributed by atoms with Crippen molar-refractivity contribution in [2.24, 2.45) is 0 Å². The molecule has 26 heavy (non-hydrogen) atoms. The third kappa shape index (κ3) is 2.62. The van der Waals surface area contributed by atoms with Crippen LogP contribution in [0.1, 0.15) is 57.5 Å². The molecule has 3 aromatic heterocycles. The SMILES string of the molecule is Cc1cc(C(=O)CSc2ncnc3sc4c(c23)CCC4)c(C)n1C1CC1. The molecule has 1 fully saturated rings. The van der Waals surface area contributed by atoms with Crippen LogP contribution in [0, 0.1) is 13.8 Å². The van der Waals surface area contributed by atoms with Gasteiger partial charge in [0.05, 0.1) is 5.75 Å². The van der Waals surface area contributed by atoms with Crippen LogP contribution in [-0.2, 0) is 12.8 Å². The fourth-order valence-corrected chi connectivity index (χ4v) is 6.38. The summed E-state index contributed by atoms with van der Waals surface area (Å²) in [6, 6.07) is 2.67. The molecule has 0 unspecified atom stereocenters. The molecule has 0 spiro atoms. The van der Waals surface area contributed by atoms with E-state index in [1.807, 2.05) is 0 Å². The van der Waals surface area contributed by atoms with Crippen LogP contribution >= 0.6 is 23.1 Å². The Bertz CT molecular complexity index is 1030. The third-order valence-electron chi connectivity index (χ3n) is 5.50. The number of aryl methyl sites for hydroxylation is 3. The average molecular weight is 384 g/mol. The molecule has 0 bridgehead atoms. The highest BCUT2D eigenvalue weighted by molar-refractivity contribution is 8.00. The van der Waals surface area contributed by atoms with Gasteiger partial charge < -0.3 is 4.57 Å². The number of Topliss-reactive ketones (excluding diaryl/α,β-unsaturated/α-hetero) is 1. The van der Waals surface area contributed by atoms with E-state index in [1.54, 1.807) is 29.4 Å². The first kappa shape index (κ1) is 16.5. The second-order valence-corrected chi connectivity index (χ2v) is 9.36. The number of fused-ring (bicyclic) bond motifs is 3. The lowest BCUT2D eigenvalue weighted by Crippen LogP contribution is -2.06. The van der Waals surface area contributed by atoms with Crippen molar-refractivity contribution in [3.63, 3.8) is 0 Å². The van der Waals surface area contributed by atoms with Crippen molar-refractivity contribution in [1.29, 1.82) is 0 Å². The Labute approximate surface area is 161 Å². The molecule has 1 saturated carbocycles. The van der Waals surface area contributed by atoms with Crippen LogP contribution < -0.4 is 0 Å². The van der Waals surface area contributed by atoms with Crippen LogP contribution in [0.3, 0.4) is 0 Å². The maximum atomic E-state index is 12.9. The fourth-order valence-electron chi connectivity index (χ4n) is 4.17. The number of thiophene rings is 1. The molecule has 6 heteroatoms. The quantitative estimate of drug-likeness (QED) is 0.357. The number of hydrogen-bond acceptors (Lipinski definition) is 5. The molecule has 3 aromatic rings. The van der Waals surface area contributed by atoms with Gasteiger partial charge in [0.15, 0.2) is 5.78 Å². The second kappa shape index (κ2) is 6.20. The fraction of sp³-hybridized carbons (Fsp3) is 0.450. The number of ketones is 1. The van der Waals surface area contributed by atoms with E-state index in [9.17, 15) is 4.79 Å². The lowest BCUT2D eigenvalue weighted by Gasteiger charge is -2.07. The maximum absolute atomic E-state index is 12.9. The van der Waals surface area contributed by atoms with Crippen molar-refractivity contribution in [1.82, 2.24) is 14.5 Å². The summed E-state index contributed by atoms with van der Waals surface area (Å²) in [5.74, 6) is 0.639. The second-order valence-electron chi connectivity index (χ2n) is 7.31. The highest BCUT2D eigenvalue weighted by Crippen LogP contribution is 2.41. The Morgan fingerprint density at radius 3 is 2.96 bits per heavy atom. The summed E-state index contributed by atoms with van der Waals surface area (Å²) in [7, 11) is 0. The molecule has 0 amide bonds. The average Bonchev–Trinajstić information content (AvgIpc) is 3.11. The Morgan fingerprint density at radius 1 is 1.31 bits per heavy atom. The van der Waals surface area contributed by atoms with E-state index >= 15 is 0 Å². The molecule has 0 aliphatic heterocycles. The van der Waals surface area contributed by atoms with Crippen molar-refractivity contribution in [2.75, 3.05) is 5.75 Å². The van der Waals surface area contributed by atoms with Crippen molar-refractivity contribution in [2.45, 2.75) is 57.0 Å². The Kier molecular flexibility index (Phi) is 3.94. The zero-order valence-corrected chi connectivity index (χ0v) is 16.7. The highest BCUT2D eigenvalue weighted by Gasteiger charge is 2.28. The molecule has 0 aromatic carbocycles. The van der Waals surface area contributed by atoms with E-state index in [2.05, 4.69) is 34.4 Å². The molecule has 3 heterocycles. The smallest absolute Gasteiger partial charge is 0.174 e. The number of rotatable bonds is 5. The molecule has 0 atom stereocenters. The summed E-state index contributed by atoms with van der Waals surface area (Å²) >= 11 is 3.36. The van der Waals surface area contributed by atoms with Crippen molar-refractivity contribution in [3.05, 3.63) is 39.8 Å². The summed E-state index contributed by atoms with van der Waals surface area (Å²) in [4.78, 5) is 24.4. The predicted molar refractivity (Wildman–Crippen MR) is 107 cm³/mol. The van der Waals surface area contributed by atoms with Gasteiger partial charge in [-0.3, -0.25) is 4.79 Å². The van der Waals surface area contributed by atoms with Crippen molar-refractivity contribution in [3.8, 4) is 0 Å². The lowest BCUT2D eigenvalue weighted by molar-refractivity contribution is 0.102. The number of carbonyl (C=O) groups excluding carboxylic acids is 1. The van der Waals surface area contributed by atoms with Crippen LogP contribution in [0.5, 0.6) is 0 Å². The van der Waals surface area contributed by atoms with E-state index in [4.69, 9.17) is 0 Å². The first-order valence-corrected chi connectivity index (χ1v) is 11.0. The Morgan fingerprint density at radius 2 is 2.15 bits per heavy atom. The first-order chi connectivity index (χ1) is 12.6. The normalized spacial score (nSPS) is 16.4. The van der Waals surface area contributed by atoms with Gasteiger partial charge in [-0.05, 0) is 57.6 Å². The van der Waals surface area contributed by atoms with Gasteiger partial charge >= 0.3 is 0 Å². The molecule has 0 saturated heterocycles.